The van der Waals surface area contributed by atoms with E-state index in [4.69, 9.17) is 0 Å². The minimum absolute atomic E-state index is 0.970. The van der Waals surface area contributed by atoms with Crippen molar-refractivity contribution in [1.29, 1.82) is 0 Å². The molecule has 0 aromatic heterocycles. The molecule has 3 heteroatoms. The Morgan fingerprint density at radius 2 is 1.08 bits per heavy atom. The van der Waals surface area contributed by atoms with Gasteiger partial charge in [-0.05, 0) is 6.42 Å². The van der Waals surface area contributed by atoms with E-state index in [-0.39, 0.29) is 0 Å². The fraction of sp³-hybridized carbons (Fsp3) is 0.217. The van der Waals surface area contributed by atoms with Crippen molar-refractivity contribution < 1.29 is 9.15 Å². The molecule has 1 aliphatic rings. The largest absolute Gasteiger partial charge is 0.205 e. The summed E-state index contributed by atoms with van der Waals surface area (Å²) < 4.78 is 4.52. The molecule has 0 saturated carbocycles. The van der Waals surface area contributed by atoms with E-state index in [0.29, 0.717) is 0 Å². The Bertz CT molecular complexity index is 828. The molecular formula is C23H26N2S+2. The fourth-order valence-electron chi connectivity index (χ4n) is 2.94. The van der Waals surface area contributed by atoms with Gasteiger partial charge in [-0.25, -0.2) is 0 Å². The first kappa shape index (κ1) is 18.4. The summed E-state index contributed by atoms with van der Waals surface area (Å²) in [5, 5.41) is 0. The zero-order chi connectivity index (χ0) is 18.5. The van der Waals surface area contributed by atoms with Gasteiger partial charge in [0.25, 0.3) is 0 Å². The Balaban J connectivity index is 1.86. The van der Waals surface area contributed by atoms with Crippen LogP contribution in [0, 0.1) is 0 Å². The van der Waals surface area contributed by atoms with Crippen molar-refractivity contribution in [3.63, 3.8) is 0 Å². The SMILES string of the molecule is CC(C1=CCC=C(C(C)=[N+](C)c2ccccc2)S1)=[N+](C)c1ccccc1. The molecule has 0 unspecified atom stereocenters. The standard InChI is InChI=1S/C23H26N2S/c1-18(24(3)20-12-7-5-8-13-20)22-16-11-17-23(26-22)19(2)25(4)21-14-9-6-10-15-21/h5-10,12-17H,11H2,1-4H3/q+2. The maximum atomic E-state index is 2.32. The van der Waals surface area contributed by atoms with Gasteiger partial charge in [0.05, 0.1) is 9.81 Å². The summed E-state index contributed by atoms with van der Waals surface area (Å²) in [6.45, 7) is 4.40. The summed E-state index contributed by atoms with van der Waals surface area (Å²) in [5.74, 6) is 0. The third-order valence-corrected chi connectivity index (χ3v) is 6.20. The molecule has 0 atom stereocenters. The molecule has 2 nitrogen and oxygen atoms in total. The quantitative estimate of drug-likeness (QED) is 0.495. The predicted molar refractivity (Wildman–Crippen MR) is 114 cm³/mol. The highest BCUT2D eigenvalue weighted by Crippen LogP contribution is 2.33. The van der Waals surface area contributed by atoms with Gasteiger partial charge < -0.3 is 0 Å². The number of nitrogens with zero attached hydrogens (tertiary/aromatic N) is 2. The van der Waals surface area contributed by atoms with Crippen molar-refractivity contribution in [3.05, 3.63) is 82.6 Å². The molecule has 0 spiro atoms. The second-order valence-corrected chi connectivity index (χ2v) is 7.52. The van der Waals surface area contributed by atoms with E-state index in [9.17, 15) is 0 Å². The summed E-state index contributed by atoms with van der Waals surface area (Å²) >= 11 is 1.86. The summed E-state index contributed by atoms with van der Waals surface area (Å²) in [7, 11) is 4.27. The molecule has 2 aromatic rings. The lowest BCUT2D eigenvalue weighted by Crippen LogP contribution is -2.15. The van der Waals surface area contributed by atoms with Crippen LogP contribution in [0.1, 0.15) is 20.3 Å². The molecule has 3 rings (SSSR count). The van der Waals surface area contributed by atoms with E-state index in [0.717, 1.165) is 6.42 Å². The van der Waals surface area contributed by atoms with Crippen LogP contribution >= 0.6 is 11.8 Å². The van der Waals surface area contributed by atoms with E-state index < -0.39 is 0 Å². The molecule has 0 N–H and O–H groups in total. The topological polar surface area (TPSA) is 6.02 Å². The second-order valence-electron chi connectivity index (χ2n) is 6.43. The number of thioether (sulfide) groups is 1. The van der Waals surface area contributed by atoms with Gasteiger partial charge in [-0.2, -0.15) is 9.15 Å². The Hall–Kier alpha value is -2.39. The van der Waals surface area contributed by atoms with Crippen LogP contribution in [0.25, 0.3) is 0 Å². The Morgan fingerprint density at radius 1 is 0.692 bits per heavy atom. The van der Waals surface area contributed by atoms with Crippen LogP contribution in [0.2, 0.25) is 0 Å². The van der Waals surface area contributed by atoms with Crippen LogP contribution in [0.3, 0.4) is 0 Å². The maximum Gasteiger partial charge on any atom is 0.205 e. The number of rotatable bonds is 4. The molecule has 0 aliphatic carbocycles. The molecule has 0 radical (unpaired) electrons. The first-order chi connectivity index (χ1) is 12.6. The van der Waals surface area contributed by atoms with E-state index in [1.165, 1.54) is 32.6 Å². The Labute approximate surface area is 160 Å². The average Bonchev–Trinajstić information content (AvgIpc) is 2.73. The van der Waals surface area contributed by atoms with Gasteiger partial charge in [-0.3, -0.25) is 0 Å². The maximum absolute atomic E-state index is 2.32. The van der Waals surface area contributed by atoms with Gasteiger partial charge in [-0.15, -0.1) is 0 Å². The number of hydrogen-bond acceptors (Lipinski definition) is 1. The average molecular weight is 363 g/mol. The third kappa shape index (κ3) is 4.05. The first-order valence-corrected chi connectivity index (χ1v) is 9.73. The minimum Gasteiger partial charge on any atom is -0.198 e. The predicted octanol–water partition coefficient (Wildman–Crippen LogP) is 5.76. The van der Waals surface area contributed by atoms with E-state index in [1.54, 1.807) is 0 Å². The number of allylic oxidation sites excluding steroid dienone is 4. The zero-order valence-electron chi connectivity index (χ0n) is 15.9. The first-order valence-electron chi connectivity index (χ1n) is 8.91. The van der Waals surface area contributed by atoms with Gasteiger partial charge in [0.2, 0.25) is 11.4 Å². The molecule has 0 saturated heterocycles. The highest BCUT2D eigenvalue weighted by Gasteiger charge is 2.22. The van der Waals surface area contributed by atoms with Crippen LogP contribution < -0.4 is 0 Å². The molecule has 0 amide bonds. The van der Waals surface area contributed by atoms with Crippen molar-refractivity contribution in [2.24, 2.45) is 0 Å². The van der Waals surface area contributed by atoms with Crippen LogP contribution in [0.5, 0.6) is 0 Å². The Kier molecular flexibility index (Phi) is 5.89. The van der Waals surface area contributed by atoms with E-state index in [2.05, 4.69) is 110 Å². The second kappa shape index (κ2) is 8.33. The normalized spacial score (nSPS) is 16.3. The zero-order valence-corrected chi connectivity index (χ0v) is 16.8. The monoisotopic (exact) mass is 362 g/mol. The number of benzene rings is 2. The van der Waals surface area contributed by atoms with Crippen LogP contribution in [0.15, 0.2) is 82.6 Å². The van der Waals surface area contributed by atoms with Crippen molar-refractivity contribution in [2.45, 2.75) is 20.3 Å². The van der Waals surface area contributed by atoms with Gasteiger partial charge in [0.1, 0.15) is 14.1 Å². The van der Waals surface area contributed by atoms with Gasteiger partial charge in [-0.1, -0.05) is 60.3 Å². The molecular weight excluding hydrogens is 336 g/mol. The summed E-state index contributed by atoms with van der Waals surface area (Å²) in [6, 6.07) is 21.0. The third-order valence-electron chi connectivity index (χ3n) is 4.83. The van der Waals surface area contributed by atoms with Gasteiger partial charge in [0, 0.05) is 38.1 Å². The number of para-hydroxylation sites is 2. The molecule has 1 heterocycles. The lowest BCUT2D eigenvalue weighted by Gasteiger charge is -2.13. The summed E-state index contributed by atoms with van der Waals surface area (Å²) in [4.78, 5) is 2.66. The molecule has 0 bridgehead atoms. The lowest BCUT2D eigenvalue weighted by atomic mass is 10.2. The Morgan fingerprint density at radius 3 is 1.46 bits per heavy atom. The molecule has 2 aromatic carbocycles. The van der Waals surface area contributed by atoms with E-state index in [1.807, 2.05) is 11.8 Å². The van der Waals surface area contributed by atoms with Crippen LogP contribution in [-0.2, 0) is 0 Å². The smallest absolute Gasteiger partial charge is 0.198 e. The molecule has 0 fully saturated rings. The molecule has 26 heavy (non-hydrogen) atoms. The molecule has 1 aliphatic heterocycles. The summed E-state index contributed by atoms with van der Waals surface area (Å²) in [6.07, 6.45) is 5.61. The minimum atomic E-state index is 0.970. The van der Waals surface area contributed by atoms with Gasteiger partial charge >= 0.3 is 0 Å². The van der Waals surface area contributed by atoms with Crippen molar-refractivity contribution in [2.75, 3.05) is 14.1 Å². The fourth-order valence-corrected chi connectivity index (χ4v) is 4.10. The highest BCUT2D eigenvalue weighted by atomic mass is 32.2. The van der Waals surface area contributed by atoms with Crippen molar-refractivity contribution in [3.8, 4) is 0 Å². The van der Waals surface area contributed by atoms with Crippen LogP contribution in [0.4, 0.5) is 11.4 Å². The van der Waals surface area contributed by atoms with Crippen molar-refractivity contribution >= 4 is 34.6 Å². The van der Waals surface area contributed by atoms with Crippen molar-refractivity contribution in [1.82, 2.24) is 0 Å². The van der Waals surface area contributed by atoms with Crippen LogP contribution in [-0.4, -0.2) is 34.7 Å². The lowest BCUT2D eigenvalue weighted by molar-refractivity contribution is -0.404. The molecule has 132 valence electrons. The van der Waals surface area contributed by atoms with Gasteiger partial charge in [0.15, 0.2) is 11.4 Å². The number of hydrogen-bond donors (Lipinski definition) is 0. The highest BCUT2D eigenvalue weighted by molar-refractivity contribution is 8.08. The summed E-state index contributed by atoms with van der Waals surface area (Å²) in [5.41, 5.74) is 4.98. The van der Waals surface area contributed by atoms with E-state index >= 15 is 0 Å².